The van der Waals surface area contributed by atoms with Gasteiger partial charge in [-0.2, -0.15) is 0 Å². The van der Waals surface area contributed by atoms with Crippen LogP contribution >= 0.6 is 0 Å². The summed E-state index contributed by atoms with van der Waals surface area (Å²) in [6.07, 6.45) is 4.77. The van der Waals surface area contributed by atoms with Gasteiger partial charge in [0.05, 0.1) is 37.3 Å². The molecule has 2 aliphatic heterocycles. The first-order chi connectivity index (χ1) is 11.1. The van der Waals surface area contributed by atoms with Crippen molar-refractivity contribution in [3.8, 4) is 0 Å². The molecular formula is C16H22N4O3. The lowest BCUT2D eigenvalue weighted by Crippen LogP contribution is -2.43. The zero-order valence-electron chi connectivity index (χ0n) is 13.6. The molecule has 7 nitrogen and oxygen atoms in total. The van der Waals surface area contributed by atoms with Crippen LogP contribution in [0.5, 0.6) is 0 Å². The highest BCUT2D eigenvalue weighted by atomic mass is 16.5. The van der Waals surface area contributed by atoms with E-state index in [2.05, 4.69) is 9.97 Å². The molecule has 124 valence electrons. The van der Waals surface area contributed by atoms with Gasteiger partial charge in [-0.25, -0.2) is 9.97 Å². The van der Waals surface area contributed by atoms with Gasteiger partial charge < -0.3 is 19.3 Å². The molecule has 0 N–H and O–H groups in total. The van der Waals surface area contributed by atoms with E-state index in [1.165, 1.54) is 0 Å². The van der Waals surface area contributed by atoms with Crippen molar-refractivity contribution in [2.45, 2.75) is 18.9 Å². The molecule has 1 amide bonds. The Kier molecular flexibility index (Phi) is 4.76. The fourth-order valence-corrected chi connectivity index (χ4v) is 2.69. The summed E-state index contributed by atoms with van der Waals surface area (Å²) in [5, 5.41) is 0. The lowest BCUT2D eigenvalue weighted by atomic mass is 10.1. The first-order valence-electron chi connectivity index (χ1n) is 7.87. The molecule has 3 heterocycles. The Balaban J connectivity index is 1.72. The third-order valence-corrected chi connectivity index (χ3v) is 3.96. The maximum atomic E-state index is 12.6. The first kappa shape index (κ1) is 15.7. The Morgan fingerprint density at radius 1 is 1.39 bits per heavy atom. The van der Waals surface area contributed by atoms with E-state index in [-0.39, 0.29) is 12.0 Å². The highest BCUT2D eigenvalue weighted by molar-refractivity contribution is 5.93. The van der Waals surface area contributed by atoms with Crippen LogP contribution in [-0.4, -0.2) is 61.2 Å². The molecule has 7 heteroatoms. The molecule has 1 atom stereocenters. The highest BCUT2D eigenvalue weighted by Crippen LogP contribution is 2.24. The molecule has 0 saturated carbocycles. The minimum absolute atomic E-state index is 0.0416. The fraction of sp³-hybridized carbons (Fsp3) is 0.562. The second-order valence-corrected chi connectivity index (χ2v) is 5.90. The van der Waals surface area contributed by atoms with E-state index in [1.54, 1.807) is 12.5 Å². The molecule has 1 saturated heterocycles. The number of rotatable bonds is 3. The molecule has 0 spiro atoms. The van der Waals surface area contributed by atoms with Crippen LogP contribution in [-0.2, 0) is 14.3 Å². The second-order valence-electron chi connectivity index (χ2n) is 5.90. The monoisotopic (exact) mass is 318 g/mol. The number of carbonyl (C=O) groups excluding carboxylic acids is 1. The third-order valence-electron chi connectivity index (χ3n) is 3.96. The van der Waals surface area contributed by atoms with Crippen molar-refractivity contribution >= 4 is 11.9 Å². The van der Waals surface area contributed by atoms with Crippen LogP contribution < -0.4 is 4.90 Å². The smallest absolute Gasteiger partial charge is 0.253 e. The summed E-state index contributed by atoms with van der Waals surface area (Å²) < 4.78 is 11.1. The Hall–Kier alpha value is -2.15. The van der Waals surface area contributed by atoms with Gasteiger partial charge in [0, 0.05) is 26.8 Å². The van der Waals surface area contributed by atoms with Crippen molar-refractivity contribution in [1.82, 2.24) is 14.9 Å². The van der Waals surface area contributed by atoms with Crippen molar-refractivity contribution in [3.05, 3.63) is 29.8 Å². The van der Waals surface area contributed by atoms with Gasteiger partial charge in [-0.05, 0) is 18.9 Å². The van der Waals surface area contributed by atoms with E-state index in [1.807, 2.05) is 30.0 Å². The molecule has 1 aromatic rings. The average molecular weight is 318 g/mol. The summed E-state index contributed by atoms with van der Waals surface area (Å²) in [6, 6.07) is 1.84. The number of hydrogen-bond donors (Lipinski definition) is 0. The number of nitrogens with zero attached hydrogens (tertiary/aromatic N) is 4. The van der Waals surface area contributed by atoms with Crippen LogP contribution in [0.1, 0.15) is 24.6 Å². The lowest BCUT2D eigenvalue weighted by Gasteiger charge is -2.33. The first-order valence-corrected chi connectivity index (χ1v) is 7.87. The maximum absolute atomic E-state index is 12.6. The van der Waals surface area contributed by atoms with Crippen molar-refractivity contribution in [3.63, 3.8) is 0 Å². The van der Waals surface area contributed by atoms with Crippen LogP contribution in [0.3, 0.4) is 0 Å². The summed E-state index contributed by atoms with van der Waals surface area (Å²) in [6.45, 7) is 2.29. The van der Waals surface area contributed by atoms with Gasteiger partial charge in [-0.3, -0.25) is 4.79 Å². The molecule has 0 aromatic carbocycles. The SMILES string of the molecule is CN(C)c1nccc([C@H]2CN(C(=O)C3=COCCC3)CCO2)n1. The largest absolute Gasteiger partial charge is 0.501 e. The standard InChI is InChI=1S/C16H22N4O3/c1-19(2)16-17-6-5-13(18-16)14-10-20(7-9-23-14)15(21)12-4-3-8-22-11-12/h5-6,11,14H,3-4,7-10H2,1-2H3/t14-/m1/s1. The van der Waals surface area contributed by atoms with Crippen LogP contribution in [0.2, 0.25) is 0 Å². The van der Waals surface area contributed by atoms with Gasteiger partial charge in [-0.1, -0.05) is 0 Å². The minimum atomic E-state index is -0.223. The van der Waals surface area contributed by atoms with Crippen LogP contribution in [0.4, 0.5) is 5.95 Å². The fourth-order valence-electron chi connectivity index (χ4n) is 2.69. The molecule has 23 heavy (non-hydrogen) atoms. The number of morpholine rings is 1. The predicted molar refractivity (Wildman–Crippen MR) is 84.9 cm³/mol. The molecule has 0 radical (unpaired) electrons. The number of carbonyl (C=O) groups is 1. The molecule has 0 unspecified atom stereocenters. The van der Waals surface area contributed by atoms with Crippen molar-refractivity contribution in [2.75, 3.05) is 45.3 Å². The van der Waals surface area contributed by atoms with E-state index in [0.29, 0.717) is 32.3 Å². The second kappa shape index (κ2) is 6.95. The lowest BCUT2D eigenvalue weighted by molar-refractivity contribution is -0.135. The number of ether oxygens (including phenoxy) is 2. The average Bonchev–Trinajstić information content (AvgIpc) is 2.62. The molecular weight excluding hydrogens is 296 g/mol. The van der Waals surface area contributed by atoms with E-state index in [9.17, 15) is 4.79 Å². The van der Waals surface area contributed by atoms with Crippen LogP contribution in [0.25, 0.3) is 0 Å². The third kappa shape index (κ3) is 3.61. The predicted octanol–water partition coefficient (Wildman–Crippen LogP) is 1.14. The minimum Gasteiger partial charge on any atom is -0.501 e. The number of anilines is 1. The van der Waals surface area contributed by atoms with E-state index >= 15 is 0 Å². The Bertz CT molecular complexity index is 603. The molecule has 2 aliphatic rings. The van der Waals surface area contributed by atoms with Crippen molar-refractivity contribution in [2.24, 2.45) is 0 Å². The van der Waals surface area contributed by atoms with Crippen molar-refractivity contribution in [1.29, 1.82) is 0 Å². The van der Waals surface area contributed by atoms with E-state index in [0.717, 1.165) is 24.1 Å². The topological polar surface area (TPSA) is 67.8 Å². The molecule has 0 bridgehead atoms. The van der Waals surface area contributed by atoms with Gasteiger partial charge in [0.2, 0.25) is 5.95 Å². The molecule has 0 aliphatic carbocycles. The van der Waals surface area contributed by atoms with E-state index < -0.39 is 0 Å². The Morgan fingerprint density at radius 2 is 2.26 bits per heavy atom. The number of hydrogen-bond acceptors (Lipinski definition) is 6. The summed E-state index contributed by atoms with van der Waals surface area (Å²) >= 11 is 0. The summed E-state index contributed by atoms with van der Waals surface area (Å²) in [5.74, 6) is 0.679. The highest BCUT2D eigenvalue weighted by Gasteiger charge is 2.28. The van der Waals surface area contributed by atoms with Crippen LogP contribution in [0, 0.1) is 0 Å². The zero-order valence-corrected chi connectivity index (χ0v) is 13.6. The van der Waals surface area contributed by atoms with Crippen LogP contribution in [0.15, 0.2) is 24.1 Å². The summed E-state index contributed by atoms with van der Waals surface area (Å²) in [4.78, 5) is 25.0. The maximum Gasteiger partial charge on any atom is 0.253 e. The van der Waals surface area contributed by atoms with Gasteiger partial charge in [0.15, 0.2) is 0 Å². The van der Waals surface area contributed by atoms with Gasteiger partial charge in [0.25, 0.3) is 5.91 Å². The molecule has 1 fully saturated rings. The van der Waals surface area contributed by atoms with Gasteiger partial charge in [0.1, 0.15) is 6.10 Å². The normalized spacial score (nSPS) is 21.4. The summed E-state index contributed by atoms with van der Waals surface area (Å²) in [7, 11) is 3.79. The Morgan fingerprint density at radius 3 is 3.00 bits per heavy atom. The number of amides is 1. The molecule has 3 rings (SSSR count). The zero-order chi connectivity index (χ0) is 16.2. The quantitative estimate of drug-likeness (QED) is 0.832. The van der Waals surface area contributed by atoms with E-state index in [4.69, 9.17) is 9.47 Å². The van der Waals surface area contributed by atoms with Crippen molar-refractivity contribution < 1.29 is 14.3 Å². The summed E-state index contributed by atoms with van der Waals surface area (Å²) in [5.41, 5.74) is 1.55. The molecule has 1 aromatic heterocycles. The Labute approximate surface area is 135 Å². The number of aromatic nitrogens is 2. The van der Waals surface area contributed by atoms with Gasteiger partial charge >= 0.3 is 0 Å². The van der Waals surface area contributed by atoms with Gasteiger partial charge in [-0.15, -0.1) is 0 Å².